The van der Waals surface area contributed by atoms with Gasteiger partial charge in [-0.3, -0.25) is 0 Å². The lowest BCUT2D eigenvalue weighted by molar-refractivity contribution is -0.162. The molecular weight excluding hydrogens is 340 g/mol. The van der Waals surface area contributed by atoms with Gasteiger partial charge in [0.25, 0.3) is 0 Å². The van der Waals surface area contributed by atoms with Crippen molar-refractivity contribution in [3.05, 3.63) is 35.4 Å². The molecule has 0 spiro atoms. The SMILES string of the molecule is Cc1ccccc1C1ON(C2CCCCC2)C(=O)N1S(=O)(=O)Cl. The summed E-state index contributed by atoms with van der Waals surface area (Å²) in [6, 6.07) is 6.39. The molecule has 1 saturated carbocycles. The Kier molecular flexibility index (Phi) is 4.53. The Morgan fingerprint density at radius 1 is 1.17 bits per heavy atom. The molecule has 1 aromatic carbocycles. The van der Waals surface area contributed by atoms with E-state index in [1.54, 1.807) is 12.1 Å². The van der Waals surface area contributed by atoms with Crippen LogP contribution in [0.5, 0.6) is 0 Å². The summed E-state index contributed by atoms with van der Waals surface area (Å²) in [5, 5.41) is 1.20. The van der Waals surface area contributed by atoms with Crippen molar-refractivity contribution in [3.8, 4) is 0 Å². The number of hydrogen-bond acceptors (Lipinski definition) is 4. The Bertz CT molecular complexity index is 703. The summed E-state index contributed by atoms with van der Waals surface area (Å²) < 4.78 is 24.5. The number of carbonyl (C=O) groups is 1. The minimum Gasteiger partial charge on any atom is -0.245 e. The molecule has 2 amide bonds. The summed E-state index contributed by atoms with van der Waals surface area (Å²) in [6.07, 6.45) is 3.69. The largest absolute Gasteiger partial charge is 0.361 e. The number of nitrogens with zero attached hydrogens (tertiary/aromatic N) is 2. The van der Waals surface area contributed by atoms with Crippen LogP contribution in [0.15, 0.2) is 24.3 Å². The van der Waals surface area contributed by atoms with E-state index in [2.05, 4.69) is 0 Å². The summed E-state index contributed by atoms with van der Waals surface area (Å²) in [5.74, 6) is 0. The number of carbonyl (C=O) groups excluding carboxylic acids is 1. The average Bonchev–Trinajstić information content (AvgIpc) is 2.86. The lowest BCUT2D eigenvalue weighted by Crippen LogP contribution is -2.40. The van der Waals surface area contributed by atoms with E-state index in [9.17, 15) is 13.2 Å². The first-order valence-electron chi connectivity index (χ1n) is 7.69. The van der Waals surface area contributed by atoms with Gasteiger partial charge >= 0.3 is 15.3 Å². The Balaban J connectivity index is 1.97. The van der Waals surface area contributed by atoms with Crippen LogP contribution in [0.25, 0.3) is 0 Å². The lowest BCUT2D eigenvalue weighted by Gasteiger charge is -2.28. The van der Waals surface area contributed by atoms with Gasteiger partial charge in [0.05, 0.1) is 6.04 Å². The molecule has 23 heavy (non-hydrogen) atoms. The van der Waals surface area contributed by atoms with E-state index in [1.165, 1.54) is 5.06 Å². The van der Waals surface area contributed by atoms with Gasteiger partial charge in [-0.25, -0.2) is 9.63 Å². The molecule has 126 valence electrons. The highest BCUT2D eigenvalue weighted by atomic mass is 35.7. The molecule has 3 rings (SSSR count). The van der Waals surface area contributed by atoms with Crippen LogP contribution in [0.1, 0.15) is 49.5 Å². The van der Waals surface area contributed by atoms with E-state index < -0.39 is 21.5 Å². The topological polar surface area (TPSA) is 66.9 Å². The van der Waals surface area contributed by atoms with E-state index >= 15 is 0 Å². The molecular formula is C15H19ClN2O4S. The third-order valence-electron chi connectivity index (χ3n) is 4.40. The van der Waals surface area contributed by atoms with Crippen LogP contribution in [0.4, 0.5) is 4.79 Å². The van der Waals surface area contributed by atoms with E-state index in [0.717, 1.165) is 37.7 Å². The summed E-state index contributed by atoms with van der Waals surface area (Å²) in [4.78, 5) is 18.4. The number of rotatable bonds is 3. The van der Waals surface area contributed by atoms with Crippen molar-refractivity contribution in [2.75, 3.05) is 0 Å². The Hall–Kier alpha value is -1.31. The second-order valence-corrected chi connectivity index (χ2v) is 8.34. The summed E-state index contributed by atoms with van der Waals surface area (Å²) in [5.41, 5.74) is 1.45. The molecule has 1 heterocycles. The Morgan fingerprint density at radius 2 is 1.83 bits per heavy atom. The Morgan fingerprint density at radius 3 is 2.43 bits per heavy atom. The van der Waals surface area contributed by atoms with Crippen LogP contribution < -0.4 is 0 Å². The number of halogens is 1. The highest BCUT2D eigenvalue weighted by molar-refractivity contribution is 8.12. The number of hydroxylamine groups is 2. The van der Waals surface area contributed by atoms with Gasteiger partial charge in [0.1, 0.15) is 0 Å². The third-order valence-corrected chi connectivity index (χ3v) is 5.66. The lowest BCUT2D eigenvalue weighted by atomic mass is 9.95. The van der Waals surface area contributed by atoms with Crippen LogP contribution in [-0.4, -0.2) is 29.9 Å². The van der Waals surface area contributed by atoms with Crippen LogP contribution >= 0.6 is 10.7 Å². The average molecular weight is 359 g/mol. The molecule has 1 unspecified atom stereocenters. The van der Waals surface area contributed by atoms with E-state index in [0.29, 0.717) is 9.87 Å². The van der Waals surface area contributed by atoms with Crippen molar-refractivity contribution >= 4 is 26.0 Å². The first-order valence-corrected chi connectivity index (χ1v) is 9.95. The zero-order valence-corrected chi connectivity index (χ0v) is 14.4. The van der Waals surface area contributed by atoms with Gasteiger partial charge < -0.3 is 0 Å². The van der Waals surface area contributed by atoms with Gasteiger partial charge in [-0.2, -0.15) is 17.8 Å². The first-order chi connectivity index (χ1) is 10.9. The maximum atomic E-state index is 12.6. The number of amides is 2. The van der Waals surface area contributed by atoms with Crippen molar-refractivity contribution in [3.63, 3.8) is 0 Å². The fourth-order valence-electron chi connectivity index (χ4n) is 3.21. The normalized spacial score (nSPS) is 23.6. The summed E-state index contributed by atoms with van der Waals surface area (Å²) >= 11 is 0. The maximum Gasteiger partial charge on any atom is 0.361 e. The zero-order valence-electron chi connectivity index (χ0n) is 12.8. The van der Waals surface area contributed by atoms with Crippen LogP contribution in [0.2, 0.25) is 0 Å². The van der Waals surface area contributed by atoms with Crippen molar-refractivity contribution < 1.29 is 18.0 Å². The van der Waals surface area contributed by atoms with Crippen molar-refractivity contribution in [1.82, 2.24) is 9.37 Å². The summed E-state index contributed by atoms with van der Waals surface area (Å²) in [6.45, 7) is 1.84. The fourth-order valence-corrected chi connectivity index (χ4v) is 4.25. The van der Waals surface area contributed by atoms with Crippen molar-refractivity contribution in [2.45, 2.75) is 51.3 Å². The van der Waals surface area contributed by atoms with E-state index in [-0.39, 0.29) is 6.04 Å². The van der Waals surface area contributed by atoms with Crippen molar-refractivity contribution in [2.24, 2.45) is 0 Å². The van der Waals surface area contributed by atoms with Gasteiger partial charge in [0, 0.05) is 16.2 Å². The van der Waals surface area contributed by atoms with E-state index in [4.69, 9.17) is 15.5 Å². The predicted octanol–water partition coefficient (Wildman–Crippen LogP) is 3.48. The Labute approximate surface area is 140 Å². The zero-order chi connectivity index (χ0) is 16.6. The minimum atomic E-state index is -4.25. The van der Waals surface area contributed by atoms with Crippen LogP contribution in [0.3, 0.4) is 0 Å². The number of hydrogen-bond donors (Lipinski definition) is 0. The molecule has 1 saturated heterocycles. The van der Waals surface area contributed by atoms with Gasteiger partial charge in [0.2, 0.25) is 6.23 Å². The predicted molar refractivity (Wildman–Crippen MR) is 85.7 cm³/mol. The first kappa shape index (κ1) is 16.5. The molecule has 0 radical (unpaired) electrons. The molecule has 1 aromatic rings. The summed E-state index contributed by atoms with van der Waals surface area (Å²) in [7, 11) is 1.26. The van der Waals surface area contributed by atoms with Gasteiger partial charge in [0.15, 0.2) is 0 Å². The molecule has 8 heteroatoms. The van der Waals surface area contributed by atoms with Gasteiger partial charge in [-0.05, 0) is 25.3 Å². The maximum absolute atomic E-state index is 12.6. The monoisotopic (exact) mass is 358 g/mol. The number of urea groups is 1. The molecule has 1 atom stereocenters. The van der Waals surface area contributed by atoms with Crippen LogP contribution in [-0.2, 0) is 14.1 Å². The highest BCUT2D eigenvalue weighted by Gasteiger charge is 2.49. The molecule has 0 aromatic heterocycles. The second-order valence-electron chi connectivity index (χ2n) is 5.95. The molecule has 1 aliphatic carbocycles. The smallest absolute Gasteiger partial charge is 0.245 e. The fraction of sp³-hybridized carbons (Fsp3) is 0.533. The van der Waals surface area contributed by atoms with Crippen molar-refractivity contribution in [1.29, 1.82) is 0 Å². The number of benzene rings is 1. The molecule has 2 aliphatic rings. The molecule has 0 N–H and O–H groups in total. The molecule has 1 aliphatic heterocycles. The quantitative estimate of drug-likeness (QED) is 0.776. The van der Waals surface area contributed by atoms with Crippen LogP contribution in [0, 0.1) is 6.92 Å². The van der Waals surface area contributed by atoms with Gasteiger partial charge in [-0.15, -0.1) is 0 Å². The van der Waals surface area contributed by atoms with E-state index in [1.807, 2.05) is 19.1 Å². The second kappa shape index (κ2) is 6.30. The molecule has 6 nitrogen and oxygen atoms in total. The third kappa shape index (κ3) is 3.18. The molecule has 0 bridgehead atoms. The standard InChI is InChI=1S/C15H19ClN2O4S/c1-11-7-5-6-10-13(11)14-18(23(16,20)21)15(19)17(22-14)12-8-3-2-4-9-12/h5-7,10,12,14H,2-4,8-9H2,1H3. The highest BCUT2D eigenvalue weighted by Crippen LogP contribution is 2.39. The number of aryl methyl sites for hydroxylation is 1. The minimum absolute atomic E-state index is 0.105. The van der Waals surface area contributed by atoms with Gasteiger partial charge in [-0.1, -0.05) is 43.5 Å². The molecule has 2 fully saturated rings.